The van der Waals surface area contributed by atoms with Crippen LogP contribution in [0.5, 0.6) is 5.75 Å². The van der Waals surface area contributed by atoms with Crippen LogP contribution in [0.3, 0.4) is 0 Å². The van der Waals surface area contributed by atoms with E-state index in [4.69, 9.17) is 4.74 Å². The predicted octanol–water partition coefficient (Wildman–Crippen LogP) is 3.48. The van der Waals surface area contributed by atoms with Crippen LogP contribution in [-0.2, 0) is 0 Å². The van der Waals surface area contributed by atoms with Gasteiger partial charge in [0.25, 0.3) is 0 Å². The monoisotopic (exact) mass is 348 g/mol. The first-order valence-corrected chi connectivity index (χ1v) is 7.78. The van der Waals surface area contributed by atoms with Gasteiger partial charge in [0, 0.05) is 17.1 Å². The molecule has 0 spiro atoms. The van der Waals surface area contributed by atoms with Crippen LogP contribution >= 0.6 is 0 Å². The van der Waals surface area contributed by atoms with Crippen molar-refractivity contribution in [3.05, 3.63) is 76.4 Å². The van der Waals surface area contributed by atoms with Crippen molar-refractivity contribution < 1.29 is 4.74 Å². The van der Waals surface area contributed by atoms with Crippen LogP contribution in [0.15, 0.2) is 70.9 Å². The second kappa shape index (κ2) is 9.11. The Hall–Kier alpha value is -4.50. The summed E-state index contributed by atoms with van der Waals surface area (Å²) in [4.78, 5) is 0. The lowest BCUT2D eigenvalue weighted by molar-refractivity contribution is 0.415. The highest BCUT2D eigenvalue weighted by Crippen LogP contribution is 2.30. The molecule has 0 unspecified atom stereocenters. The summed E-state index contributed by atoms with van der Waals surface area (Å²) in [5.41, 5.74) is 0.538. The average Bonchev–Trinajstić information content (AvgIpc) is 3.24. The summed E-state index contributed by atoms with van der Waals surface area (Å²) in [5, 5.41) is 37.4. The maximum atomic E-state index is 9.35. The van der Waals surface area contributed by atoms with E-state index in [1.807, 2.05) is 24.3 Å². The number of allylic oxidation sites excluding steroid dienone is 8. The van der Waals surface area contributed by atoms with Gasteiger partial charge < -0.3 is 4.74 Å². The van der Waals surface area contributed by atoms with Gasteiger partial charge >= 0.3 is 0 Å². The summed E-state index contributed by atoms with van der Waals surface area (Å²) in [6.45, 7) is 0. The van der Waals surface area contributed by atoms with Gasteiger partial charge in [-0.25, -0.2) is 0 Å². The van der Waals surface area contributed by atoms with Crippen molar-refractivity contribution in [1.82, 2.24) is 0 Å². The fourth-order valence-corrected chi connectivity index (χ4v) is 2.44. The summed E-state index contributed by atoms with van der Waals surface area (Å²) in [5.74, 6) is 5.97. The molecular formula is C22H12N4O. The standard InChI is InChI=1S/C22H12N4O/c1-27-20-9-6-16(7-10-20)8-11-21(18(12-23)13-24)22(19(14-25)15-26)17-4-2-3-5-17/h2-7,9-10,17H,1H3. The highest BCUT2D eigenvalue weighted by atomic mass is 16.5. The number of nitrogens with zero attached hydrogens (tertiary/aromatic N) is 4. The molecule has 0 N–H and O–H groups in total. The fourth-order valence-electron chi connectivity index (χ4n) is 2.44. The average molecular weight is 348 g/mol. The van der Waals surface area contributed by atoms with E-state index in [0.29, 0.717) is 11.3 Å². The quantitative estimate of drug-likeness (QED) is 0.472. The van der Waals surface area contributed by atoms with Crippen molar-refractivity contribution in [1.29, 1.82) is 21.0 Å². The van der Waals surface area contributed by atoms with Crippen LogP contribution in [0.1, 0.15) is 5.56 Å². The van der Waals surface area contributed by atoms with Crippen molar-refractivity contribution in [2.75, 3.05) is 7.11 Å². The Balaban J connectivity index is 2.68. The van der Waals surface area contributed by atoms with Gasteiger partial charge in [-0.3, -0.25) is 0 Å². The van der Waals surface area contributed by atoms with Crippen molar-refractivity contribution in [3.8, 4) is 41.9 Å². The number of hydrogen-bond acceptors (Lipinski definition) is 5. The molecule has 27 heavy (non-hydrogen) atoms. The van der Waals surface area contributed by atoms with Gasteiger partial charge in [0.05, 0.1) is 12.7 Å². The first-order chi connectivity index (χ1) is 13.2. The zero-order valence-electron chi connectivity index (χ0n) is 14.4. The molecule has 5 heteroatoms. The molecule has 1 aliphatic carbocycles. The van der Waals surface area contributed by atoms with E-state index in [-0.39, 0.29) is 22.3 Å². The zero-order valence-corrected chi connectivity index (χ0v) is 14.4. The second-order valence-corrected chi connectivity index (χ2v) is 5.26. The Bertz CT molecular complexity index is 1050. The maximum Gasteiger partial charge on any atom is 0.145 e. The SMILES string of the molecule is COc1ccc(C#CC(=C(C#N)C#N)C(=C(C#N)C#N)C2C=CC=C2)cc1. The molecule has 0 heterocycles. The molecule has 0 aliphatic heterocycles. The molecule has 2 rings (SSSR count). The summed E-state index contributed by atoms with van der Waals surface area (Å²) in [6.07, 6.45) is 7.07. The van der Waals surface area contributed by atoms with Crippen molar-refractivity contribution >= 4 is 0 Å². The largest absolute Gasteiger partial charge is 0.497 e. The Labute approximate surface area is 157 Å². The molecule has 126 valence electrons. The number of nitriles is 4. The summed E-state index contributed by atoms with van der Waals surface area (Å²) in [7, 11) is 1.55. The molecule has 1 aliphatic rings. The molecule has 0 radical (unpaired) electrons. The van der Waals surface area contributed by atoms with E-state index in [1.54, 1.807) is 55.7 Å². The van der Waals surface area contributed by atoms with Crippen LogP contribution in [-0.4, -0.2) is 7.11 Å². The summed E-state index contributed by atoms with van der Waals surface area (Å²) < 4.78 is 5.10. The van der Waals surface area contributed by atoms with Gasteiger partial charge in [-0.05, 0) is 24.3 Å². The molecule has 0 saturated heterocycles. The molecule has 0 bridgehead atoms. The third-order valence-electron chi connectivity index (χ3n) is 3.74. The van der Waals surface area contributed by atoms with Crippen LogP contribution < -0.4 is 4.74 Å². The van der Waals surface area contributed by atoms with Gasteiger partial charge in [-0.2, -0.15) is 21.0 Å². The molecule has 1 aromatic carbocycles. The van der Waals surface area contributed by atoms with Crippen LogP contribution in [0.25, 0.3) is 0 Å². The summed E-state index contributed by atoms with van der Waals surface area (Å²) >= 11 is 0. The van der Waals surface area contributed by atoms with Gasteiger partial charge in [0.2, 0.25) is 0 Å². The van der Waals surface area contributed by atoms with Crippen LogP contribution in [0, 0.1) is 63.1 Å². The van der Waals surface area contributed by atoms with E-state index in [2.05, 4.69) is 11.8 Å². The smallest absolute Gasteiger partial charge is 0.145 e. The zero-order chi connectivity index (χ0) is 19.6. The number of hydrogen-bond donors (Lipinski definition) is 0. The Morgan fingerprint density at radius 1 is 0.852 bits per heavy atom. The van der Waals surface area contributed by atoms with Crippen molar-refractivity contribution in [2.45, 2.75) is 0 Å². The molecule has 0 atom stereocenters. The van der Waals surface area contributed by atoms with Crippen molar-refractivity contribution in [3.63, 3.8) is 0 Å². The topological polar surface area (TPSA) is 104 Å². The maximum absolute atomic E-state index is 9.35. The molecule has 1 aromatic rings. The number of ether oxygens (including phenoxy) is 1. The molecule has 0 fully saturated rings. The fraction of sp³-hybridized carbons (Fsp3) is 0.0909. The van der Waals surface area contributed by atoms with E-state index in [9.17, 15) is 21.0 Å². The van der Waals surface area contributed by atoms with E-state index < -0.39 is 5.92 Å². The van der Waals surface area contributed by atoms with E-state index >= 15 is 0 Å². The molecular weight excluding hydrogens is 336 g/mol. The molecule has 0 amide bonds. The Kier molecular flexibility index (Phi) is 6.35. The minimum absolute atomic E-state index is 0.0788. The third-order valence-corrected chi connectivity index (χ3v) is 3.74. The van der Waals surface area contributed by atoms with Gasteiger partial charge in [0.15, 0.2) is 0 Å². The van der Waals surface area contributed by atoms with Gasteiger partial charge in [-0.15, -0.1) is 0 Å². The molecule has 0 saturated carbocycles. The lowest BCUT2D eigenvalue weighted by Crippen LogP contribution is -2.05. The second-order valence-electron chi connectivity index (χ2n) is 5.26. The lowest BCUT2D eigenvalue weighted by Gasteiger charge is -2.12. The van der Waals surface area contributed by atoms with Crippen molar-refractivity contribution in [2.24, 2.45) is 5.92 Å². The number of benzene rings is 1. The number of methoxy groups -OCH3 is 1. The molecule has 0 aromatic heterocycles. The first-order valence-electron chi connectivity index (χ1n) is 7.78. The van der Waals surface area contributed by atoms with E-state index in [0.717, 1.165) is 0 Å². The predicted molar refractivity (Wildman–Crippen MR) is 98.1 cm³/mol. The summed E-state index contributed by atoms with van der Waals surface area (Å²) in [6, 6.07) is 14.2. The van der Waals surface area contributed by atoms with Crippen LogP contribution in [0.2, 0.25) is 0 Å². The highest BCUT2D eigenvalue weighted by Gasteiger charge is 2.22. The minimum atomic E-state index is -0.406. The molecule has 5 nitrogen and oxygen atoms in total. The van der Waals surface area contributed by atoms with Crippen LogP contribution in [0.4, 0.5) is 0 Å². The Morgan fingerprint density at radius 3 is 1.89 bits per heavy atom. The highest BCUT2D eigenvalue weighted by molar-refractivity contribution is 5.66. The third kappa shape index (κ3) is 4.32. The number of rotatable bonds is 3. The van der Waals surface area contributed by atoms with E-state index in [1.165, 1.54) is 0 Å². The van der Waals surface area contributed by atoms with Gasteiger partial charge in [0.1, 0.15) is 41.2 Å². The first kappa shape index (κ1) is 18.8. The lowest BCUT2D eigenvalue weighted by atomic mass is 9.87. The van der Waals surface area contributed by atoms with Gasteiger partial charge in [-0.1, -0.05) is 36.1 Å². The normalized spacial score (nSPS) is 11.0. The Morgan fingerprint density at radius 2 is 1.41 bits per heavy atom. The minimum Gasteiger partial charge on any atom is -0.497 e.